The first-order chi connectivity index (χ1) is 12.5. The molecule has 0 radical (unpaired) electrons. The third kappa shape index (κ3) is 3.80. The monoisotopic (exact) mass is 367 g/mol. The smallest absolute Gasteiger partial charge is 0.191 e. The molecule has 2 aromatic carbocycles. The number of carbonyl (C=O) groups is 1. The van der Waals surface area contributed by atoms with Gasteiger partial charge in [-0.15, -0.1) is 10.2 Å². The molecular weight excluding hydrogens is 346 g/mol. The summed E-state index contributed by atoms with van der Waals surface area (Å²) in [5, 5.41) is 9.00. The fraction of sp³-hybridized carbons (Fsp3) is 0.250. The van der Waals surface area contributed by atoms with Crippen molar-refractivity contribution in [3.05, 3.63) is 59.7 Å². The lowest BCUT2D eigenvalue weighted by Gasteiger charge is -2.10. The minimum atomic E-state index is -0.246. The van der Waals surface area contributed by atoms with Gasteiger partial charge in [0.1, 0.15) is 5.75 Å². The van der Waals surface area contributed by atoms with Crippen molar-refractivity contribution in [2.24, 2.45) is 7.05 Å². The van der Waals surface area contributed by atoms with E-state index in [2.05, 4.69) is 10.2 Å². The van der Waals surface area contributed by atoms with Crippen LogP contribution in [-0.4, -0.2) is 32.9 Å². The second kappa shape index (κ2) is 7.74. The van der Waals surface area contributed by atoms with Gasteiger partial charge in [0, 0.05) is 18.2 Å². The molecule has 0 aliphatic carbocycles. The largest absolute Gasteiger partial charge is 0.497 e. The number of ketones is 1. The van der Waals surface area contributed by atoms with Crippen LogP contribution in [0.4, 0.5) is 0 Å². The Morgan fingerprint density at radius 3 is 2.35 bits per heavy atom. The second-order valence-electron chi connectivity index (χ2n) is 6.08. The number of benzene rings is 2. The standard InChI is InChI=1S/C20H21N3O2S/c1-13-5-7-15(8-6-13)18(24)14(2)26-20-22-21-19(23(20)3)16-9-11-17(25-4)12-10-16/h5-12,14H,1-4H3. The maximum absolute atomic E-state index is 12.6. The van der Waals surface area contributed by atoms with Gasteiger partial charge in [0.2, 0.25) is 0 Å². The molecule has 0 fully saturated rings. The highest BCUT2D eigenvalue weighted by atomic mass is 32.2. The molecule has 5 nitrogen and oxygen atoms in total. The summed E-state index contributed by atoms with van der Waals surface area (Å²) >= 11 is 1.42. The van der Waals surface area contributed by atoms with E-state index in [1.165, 1.54) is 11.8 Å². The van der Waals surface area contributed by atoms with E-state index in [4.69, 9.17) is 4.74 Å². The summed E-state index contributed by atoms with van der Waals surface area (Å²) in [5.74, 6) is 1.64. The van der Waals surface area contributed by atoms with Crippen molar-refractivity contribution in [1.82, 2.24) is 14.8 Å². The molecule has 0 amide bonds. The Morgan fingerprint density at radius 1 is 1.08 bits per heavy atom. The summed E-state index contributed by atoms with van der Waals surface area (Å²) in [6.07, 6.45) is 0. The lowest BCUT2D eigenvalue weighted by Crippen LogP contribution is -2.14. The summed E-state index contributed by atoms with van der Waals surface area (Å²) in [5.41, 5.74) is 2.80. The molecule has 0 N–H and O–H groups in total. The normalized spacial score (nSPS) is 12.0. The SMILES string of the molecule is COc1ccc(-c2nnc(SC(C)C(=O)c3ccc(C)cc3)n2C)cc1. The van der Waals surface area contributed by atoms with Gasteiger partial charge in [-0.1, -0.05) is 41.6 Å². The summed E-state index contributed by atoms with van der Waals surface area (Å²) in [6.45, 7) is 3.90. The van der Waals surface area contributed by atoms with Crippen LogP contribution in [0.5, 0.6) is 5.75 Å². The molecule has 0 aliphatic rings. The lowest BCUT2D eigenvalue weighted by molar-refractivity contribution is 0.0994. The van der Waals surface area contributed by atoms with E-state index in [9.17, 15) is 4.79 Å². The van der Waals surface area contributed by atoms with Gasteiger partial charge >= 0.3 is 0 Å². The Labute approximate surface area is 157 Å². The number of rotatable bonds is 6. The number of nitrogens with zero attached hydrogens (tertiary/aromatic N) is 3. The quantitative estimate of drug-likeness (QED) is 0.484. The van der Waals surface area contributed by atoms with Crippen molar-refractivity contribution in [3.63, 3.8) is 0 Å². The topological polar surface area (TPSA) is 57.0 Å². The van der Waals surface area contributed by atoms with Crippen LogP contribution < -0.4 is 4.74 Å². The number of methoxy groups -OCH3 is 1. The molecule has 26 heavy (non-hydrogen) atoms. The van der Waals surface area contributed by atoms with Crippen molar-refractivity contribution in [2.45, 2.75) is 24.3 Å². The number of hydrogen-bond acceptors (Lipinski definition) is 5. The number of aryl methyl sites for hydroxylation is 1. The van der Waals surface area contributed by atoms with Gasteiger partial charge in [0.25, 0.3) is 0 Å². The number of hydrogen-bond donors (Lipinski definition) is 0. The van der Waals surface area contributed by atoms with E-state index >= 15 is 0 Å². The van der Waals surface area contributed by atoms with E-state index in [-0.39, 0.29) is 11.0 Å². The fourth-order valence-electron chi connectivity index (χ4n) is 2.57. The molecule has 1 unspecified atom stereocenters. The molecule has 3 rings (SSSR count). The Bertz CT molecular complexity index is 902. The van der Waals surface area contributed by atoms with E-state index in [0.29, 0.717) is 10.7 Å². The van der Waals surface area contributed by atoms with Crippen LogP contribution in [0.25, 0.3) is 11.4 Å². The predicted molar refractivity (Wildman–Crippen MR) is 104 cm³/mol. The molecule has 0 aliphatic heterocycles. The highest BCUT2D eigenvalue weighted by Crippen LogP contribution is 2.28. The highest BCUT2D eigenvalue weighted by Gasteiger charge is 2.20. The minimum Gasteiger partial charge on any atom is -0.497 e. The van der Waals surface area contributed by atoms with E-state index < -0.39 is 0 Å². The average molecular weight is 367 g/mol. The van der Waals surface area contributed by atoms with Gasteiger partial charge in [-0.25, -0.2) is 0 Å². The molecule has 134 valence electrons. The molecule has 1 aromatic heterocycles. The Kier molecular flexibility index (Phi) is 5.42. The van der Waals surface area contributed by atoms with E-state index in [1.807, 2.05) is 74.0 Å². The van der Waals surface area contributed by atoms with Gasteiger partial charge < -0.3 is 9.30 Å². The maximum Gasteiger partial charge on any atom is 0.191 e. The third-order valence-corrected chi connectivity index (χ3v) is 5.30. The van der Waals surface area contributed by atoms with Crippen LogP contribution in [0.2, 0.25) is 0 Å². The average Bonchev–Trinajstić information content (AvgIpc) is 3.02. The maximum atomic E-state index is 12.6. The molecule has 1 heterocycles. The zero-order valence-corrected chi connectivity index (χ0v) is 16.1. The summed E-state index contributed by atoms with van der Waals surface area (Å²) in [6, 6.07) is 15.3. The van der Waals surface area contributed by atoms with Crippen molar-refractivity contribution >= 4 is 17.5 Å². The van der Waals surface area contributed by atoms with Crippen LogP contribution in [0.1, 0.15) is 22.8 Å². The lowest BCUT2D eigenvalue weighted by atomic mass is 10.1. The van der Waals surface area contributed by atoms with Crippen molar-refractivity contribution < 1.29 is 9.53 Å². The van der Waals surface area contributed by atoms with Crippen molar-refractivity contribution in [1.29, 1.82) is 0 Å². The van der Waals surface area contributed by atoms with Crippen LogP contribution in [0.3, 0.4) is 0 Å². The molecule has 0 saturated carbocycles. The number of ether oxygens (including phenoxy) is 1. The van der Waals surface area contributed by atoms with Crippen LogP contribution in [0.15, 0.2) is 53.7 Å². The Hall–Kier alpha value is -2.60. The second-order valence-corrected chi connectivity index (χ2v) is 7.39. The zero-order valence-electron chi connectivity index (χ0n) is 15.3. The molecule has 6 heteroatoms. The third-order valence-electron chi connectivity index (χ3n) is 4.17. The Morgan fingerprint density at radius 2 is 1.73 bits per heavy atom. The van der Waals surface area contributed by atoms with Gasteiger partial charge in [-0.05, 0) is 38.1 Å². The van der Waals surface area contributed by atoms with E-state index in [1.54, 1.807) is 7.11 Å². The van der Waals surface area contributed by atoms with E-state index in [0.717, 1.165) is 22.7 Å². The van der Waals surface area contributed by atoms with Crippen LogP contribution in [-0.2, 0) is 7.05 Å². The molecule has 0 spiro atoms. The Balaban J connectivity index is 1.76. The van der Waals surface area contributed by atoms with Crippen molar-refractivity contribution in [3.8, 4) is 17.1 Å². The molecule has 3 aromatic rings. The minimum absolute atomic E-state index is 0.0870. The van der Waals surface area contributed by atoms with Gasteiger partial charge in [0.05, 0.1) is 12.4 Å². The van der Waals surface area contributed by atoms with Crippen LogP contribution in [0, 0.1) is 6.92 Å². The number of carbonyl (C=O) groups excluding carboxylic acids is 1. The summed E-state index contributed by atoms with van der Waals surface area (Å²) in [4.78, 5) is 12.6. The molecule has 1 atom stereocenters. The summed E-state index contributed by atoms with van der Waals surface area (Å²) in [7, 11) is 3.55. The molecule has 0 bridgehead atoms. The number of aromatic nitrogens is 3. The van der Waals surface area contributed by atoms with Gasteiger partial charge in [0.15, 0.2) is 16.8 Å². The molecular formula is C20H21N3O2S. The van der Waals surface area contributed by atoms with Crippen LogP contribution >= 0.6 is 11.8 Å². The van der Waals surface area contributed by atoms with Gasteiger partial charge in [-0.2, -0.15) is 0 Å². The molecule has 0 saturated heterocycles. The zero-order chi connectivity index (χ0) is 18.7. The van der Waals surface area contributed by atoms with Gasteiger partial charge in [-0.3, -0.25) is 4.79 Å². The number of thioether (sulfide) groups is 1. The predicted octanol–water partition coefficient (Wildman–Crippen LogP) is 4.16. The van der Waals surface area contributed by atoms with Crippen molar-refractivity contribution in [2.75, 3.05) is 7.11 Å². The number of Topliss-reactive ketones (excluding diaryl/α,β-unsaturated/α-hetero) is 1. The first-order valence-electron chi connectivity index (χ1n) is 8.31. The first kappa shape index (κ1) is 18.2. The first-order valence-corrected chi connectivity index (χ1v) is 9.19. The highest BCUT2D eigenvalue weighted by molar-refractivity contribution is 8.00. The summed E-state index contributed by atoms with van der Waals surface area (Å²) < 4.78 is 7.09. The fourth-order valence-corrected chi connectivity index (χ4v) is 3.47.